The Bertz CT molecular complexity index is 696. The molecule has 0 N–H and O–H groups in total. The predicted octanol–water partition coefficient (Wildman–Crippen LogP) is 4.96. The smallest absolute Gasteiger partial charge is 0.124 e. The number of halogens is 2. The molecule has 1 unspecified atom stereocenters. The Morgan fingerprint density at radius 2 is 2.11 bits per heavy atom. The van der Waals surface area contributed by atoms with E-state index in [1.807, 2.05) is 24.3 Å². The zero-order valence-corrected chi connectivity index (χ0v) is 11.6. The minimum atomic E-state index is -0.211. The van der Waals surface area contributed by atoms with Crippen molar-refractivity contribution in [2.45, 2.75) is 11.8 Å². The van der Waals surface area contributed by atoms with Crippen molar-refractivity contribution < 1.29 is 4.39 Å². The van der Waals surface area contributed by atoms with E-state index in [4.69, 9.17) is 11.6 Å². The number of alkyl halides is 1. The third-order valence-electron chi connectivity index (χ3n) is 2.92. The molecule has 0 fully saturated rings. The predicted molar refractivity (Wildman–Crippen MR) is 78.3 cm³/mol. The molecule has 3 rings (SSSR count). The highest BCUT2D eigenvalue weighted by Crippen LogP contribution is 2.34. The van der Waals surface area contributed by atoms with Crippen LogP contribution < -0.4 is 0 Å². The van der Waals surface area contributed by atoms with Crippen molar-refractivity contribution in [3.63, 3.8) is 0 Å². The summed E-state index contributed by atoms with van der Waals surface area (Å²) in [6.45, 7) is 0. The highest BCUT2D eigenvalue weighted by molar-refractivity contribution is 7.19. The third kappa shape index (κ3) is 2.77. The van der Waals surface area contributed by atoms with Gasteiger partial charge in [-0.05, 0) is 35.7 Å². The summed E-state index contributed by atoms with van der Waals surface area (Å²) in [6.07, 6.45) is 2.44. The number of thiophene rings is 1. The fourth-order valence-corrected chi connectivity index (χ4v) is 3.41. The molecule has 1 aromatic carbocycles. The van der Waals surface area contributed by atoms with Crippen molar-refractivity contribution in [1.82, 2.24) is 4.98 Å². The van der Waals surface area contributed by atoms with Crippen LogP contribution in [0.4, 0.5) is 4.39 Å². The number of hydrogen-bond donors (Lipinski definition) is 0. The Morgan fingerprint density at radius 3 is 2.89 bits per heavy atom. The SMILES string of the molecule is Fc1ccc2cc(C(Cl)Cc3ccccn3)sc2c1. The number of fused-ring (bicyclic) bond motifs is 1. The van der Waals surface area contributed by atoms with E-state index in [2.05, 4.69) is 4.98 Å². The molecule has 0 spiro atoms. The molecule has 2 aromatic heterocycles. The summed E-state index contributed by atoms with van der Waals surface area (Å²) in [6, 6.07) is 12.6. The fraction of sp³-hybridized carbons (Fsp3) is 0.133. The minimum Gasteiger partial charge on any atom is -0.261 e. The first-order chi connectivity index (χ1) is 9.22. The van der Waals surface area contributed by atoms with Crippen molar-refractivity contribution in [3.05, 3.63) is 65.0 Å². The van der Waals surface area contributed by atoms with Gasteiger partial charge in [0.15, 0.2) is 0 Å². The summed E-state index contributed by atoms with van der Waals surface area (Å²) >= 11 is 7.97. The zero-order chi connectivity index (χ0) is 13.2. The summed E-state index contributed by atoms with van der Waals surface area (Å²) in [7, 11) is 0. The Kier molecular flexibility index (Phi) is 3.49. The molecule has 1 nitrogen and oxygen atoms in total. The van der Waals surface area contributed by atoms with Gasteiger partial charge in [-0.1, -0.05) is 12.1 Å². The zero-order valence-electron chi connectivity index (χ0n) is 10.0. The van der Waals surface area contributed by atoms with E-state index in [-0.39, 0.29) is 11.2 Å². The molecule has 0 radical (unpaired) electrons. The molecule has 2 heterocycles. The van der Waals surface area contributed by atoms with Crippen LogP contribution in [0.15, 0.2) is 48.7 Å². The van der Waals surface area contributed by atoms with Gasteiger partial charge < -0.3 is 0 Å². The summed E-state index contributed by atoms with van der Waals surface area (Å²) in [5.41, 5.74) is 0.964. The molecule has 96 valence electrons. The van der Waals surface area contributed by atoms with Crippen molar-refractivity contribution in [1.29, 1.82) is 0 Å². The van der Waals surface area contributed by atoms with E-state index in [1.54, 1.807) is 18.3 Å². The lowest BCUT2D eigenvalue weighted by Gasteiger charge is -2.05. The molecule has 19 heavy (non-hydrogen) atoms. The van der Waals surface area contributed by atoms with Crippen LogP contribution in [0.2, 0.25) is 0 Å². The van der Waals surface area contributed by atoms with Gasteiger partial charge in [0.05, 0.1) is 5.38 Å². The Morgan fingerprint density at radius 1 is 1.21 bits per heavy atom. The Hall–Kier alpha value is -1.45. The highest BCUT2D eigenvalue weighted by atomic mass is 35.5. The molecule has 0 saturated heterocycles. The lowest BCUT2D eigenvalue weighted by atomic mass is 10.1. The van der Waals surface area contributed by atoms with Crippen LogP contribution in [0.3, 0.4) is 0 Å². The van der Waals surface area contributed by atoms with Crippen LogP contribution in [-0.2, 0) is 6.42 Å². The number of pyridine rings is 1. The van der Waals surface area contributed by atoms with Crippen LogP contribution in [-0.4, -0.2) is 4.98 Å². The highest BCUT2D eigenvalue weighted by Gasteiger charge is 2.13. The Balaban J connectivity index is 1.87. The Labute approximate surface area is 119 Å². The first kappa shape index (κ1) is 12.6. The van der Waals surface area contributed by atoms with Gasteiger partial charge in [0.25, 0.3) is 0 Å². The van der Waals surface area contributed by atoms with Gasteiger partial charge in [0.1, 0.15) is 5.82 Å². The number of rotatable bonds is 3. The molecule has 0 aliphatic heterocycles. The summed E-state index contributed by atoms with van der Waals surface area (Å²) < 4.78 is 14.1. The average Bonchev–Trinajstić information content (AvgIpc) is 2.83. The number of hydrogen-bond acceptors (Lipinski definition) is 2. The fourth-order valence-electron chi connectivity index (χ4n) is 1.98. The van der Waals surface area contributed by atoms with E-state index in [0.29, 0.717) is 6.42 Å². The largest absolute Gasteiger partial charge is 0.261 e. The second-order valence-corrected chi connectivity index (χ2v) is 5.97. The van der Waals surface area contributed by atoms with Crippen molar-refractivity contribution in [2.24, 2.45) is 0 Å². The molecule has 0 aliphatic rings. The molecule has 0 aliphatic carbocycles. The van der Waals surface area contributed by atoms with Gasteiger partial charge in [-0.15, -0.1) is 22.9 Å². The quantitative estimate of drug-likeness (QED) is 0.622. The van der Waals surface area contributed by atoms with E-state index in [9.17, 15) is 4.39 Å². The second-order valence-electron chi connectivity index (χ2n) is 4.32. The normalized spacial score (nSPS) is 12.7. The minimum absolute atomic E-state index is 0.129. The second kappa shape index (κ2) is 5.27. The summed E-state index contributed by atoms with van der Waals surface area (Å²) in [5, 5.41) is 0.906. The number of aromatic nitrogens is 1. The van der Waals surface area contributed by atoms with Gasteiger partial charge >= 0.3 is 0 Å². The van der Waals surface area contributed by atoms with Crippen molar-refractivity contribution >= 4 is 33.0 Å². The van der Waals surface area contributed by atoms with E-state index >= 15 is 0 Å². The topological polar surface area (TPSA) is 12.9 Å². The standard InChI is InChI=1S/C15H11ClFNS/c16-13(9-12-3-1-2-6-18-12)15-7-10-4-5-11(17)8-14(10)19-15/h1-8,13H,9H2. The maximum atomic E-state index is 13.2. The molecule has 1 atom stereocenters. The molecular weight excluding hydrogens is 281 g/mol. The molecule has 4 heteroatoms. The lowest BCUT2D eigenvalue weighted by molar-refractivity contribution is 0.630. The van der Waals surface area contributed by atoms with E-state index < -0.39 is 0 Å². The van der Waals surface area contributed by atoms with Gasteiger partial charge in [-0.25, -0.2) is 4.39 Å². The maximum Gasteiger partial charge on any atom is 0.124 e. The summed E-state index contributed by atoms with van der Waals surface area (Å²) in [5.74, 6) is -0.211. The lowest BCUT2D eigenvalue weighted by Crippen LogP contribution is -1.95. The van der Waals surface area contributed by atoms with Crippen molar-refractivity contribution in [3.8, 4) is 0 Å². The first-order valence-corrected chi connectivity index (χ1v) is 7.20. The van der Waals surface area contributed by atoms with E-state index in [1.165, 1.54) is 17.4 Å². The van der Waals surface area contributed by atoms with Crippen LogP contribution in [0.1, 0.15) is 15.9 Å². The molecule has 0 saturated carbocycles. The van der Waals surface area contributed by atoms with E-state index in [0.717, 1.165) is 20.7 Å². The average molecular weight is 292 g/mol. The summed E-state index contributed by atoms with van der Waals surface area (Å²) in [4.78, 5) is 5.32. The number of nitrogens with zero attached hydrogens (tertiary/aromatic N) is 1. The van der Waals surface area contributed by atoms with Crippen LogP contribution >= 0.6 is 22.9 Å². The van der Waals surface area contributed by atoms with Gasteiger partial charge in [-0.2, -0.15) is 0 Å². The monoisotopic (exact) mass is 291 g/mol. The van der Waals surface area contributed by atoms with Gasteiger partial charge in [0.2, 0.25) is 0 Å². The molecule has 3 aromatic rings. The van der Waals surface area contributed by atoms with Gasteiger partial charge in [-0.3, -0.25) is 4.98 Å². The molecular formula is C15H11ClFNS. The first-order valence-electron chi connectivity index (χ1n) is 5.95. The maximum absolute atomic E-state index is 13.2. The molecule has 0 amide bonds. The van der Waals surface area contributed by atoms with Crippen LogP contribution in [0.5, 0.6) is 0 Å². The van der Waals surface area contributed by atoms with Gasteiger partial charge in [0, 0.05) is 27.9 Å². The molecule has 0 bridgehead atoms. The van der Waals surface area contributed by atoms with Crippen LogP contribution in [0.25, 0.3) is 10.1 Å². The third-order valence-corrected chi connectivity index (χ3v) is 4.65. The number of benzene rings is 1. The van der Waals surface area contributed by atoms with Crippen LogP contribution in [0, 0.1) is 5.82 Å². The van der Waals surface area contributed by atoms with Crippen molar-refractivity contribution in [2.75, 3.05) is 0 Å².